The molecule has 0 amide bonds. The summed E-state index contributed by atoms with van der Waals surface area (Å²) in [7, 11) is -4.06. The van der Waals surface area contributed by atoms with Crippen molar-refractivity contribution in [1.82, 2.24) is 4.72 Å². The molecule has 0 saturated heterocycles. The molecule has 5 nitrogen and oxygen atoms in total. The highest BCUT2D eigenvalue weighted by atomic mass is 32.2. The first-order valence-electron chi connectivity index (χ1n) is 4.48. The van der Waals surface area contributed by atoms with Crippen molar-refractivity contribution in [3.05, 3.63) is 29.6 Å². The molecule has 17 heavy (non-hydrogen) atoms. The molecule has 0 spiro atoms. The molecule has 0 atom stereocenters. The van der Waals surface area contributed by atoms with E-state index in [1.807, 2.05) is 4.72 Å². The van der Waals surface area contributed by atoms with Crippen LogP contribution in [0.25, 0.3) is 0 Å². The van der Waals surface area contributed by atoms with Crippen LogP contribution < -0.4 is 15.2 Å². The van der Waals surface area contributed by atoms with E-state index >= 15 is 0 Å². The van der Waals surface area contributed by atoms with Crippen LogP contribution in [0, 0.1) is 17.5 Å². The van der Waals surface area contributed by atoms with Crippen LogP contribution in [0.15, 0.2) is 12.1 Å². The molecule has 0 aliphatic rings. The molecule has 1 rings (SSSR count). The highest BCUT2D eigenvalue weighted by molar-refractivity contribution is 7.90. The quantitative estimate of drug-likeness (QED) is 0.673. The van der Waals surface area contributed by atoms with Gasteiger partial charge in [0, 0.05) is 13.1 Å². The summed E-state index contributed by atoms with van der Waals surface area (Å²) in [5.41, 5.74) is 4.38. The first kappa shape index (κ1) is 13.7. The molecule has 0 aliphatic carbocycles. The molecule has 0 aromatic heterocycles. The zero-order chi connectivity index (χ0) is 13.1. The van der Waals surface area contributed by atoms with Crippen molar-refractivity contribution in [1.29, 1.82) is 0 Å². The van der Waals surface area contributed by atoms with Crippen molar-refractivity contribution in [3.8, 4) is 0 Å². The van der Waals surface area contributed by atoms with Crippen LogP contribution in [0.3, 0.4) is 0 Å². The average molecular weight is 269 g/mol. The summed E-state index contributed by atoms with van der Waals surface area (Å²) in [6.07, 6.45) is 0. The van der Waals surface area contributed by atoms with Crippen LogP contribution in [0.1, 0.15) is 0 Å². The molecule has 0 bridgehead atoms. The third kappa shape index (κ3) is 3.58. The summed E-state index contributed by atoms with van der Waals surface area (Å²) in [5.74, 6) is -4.76. The molecule has 4 N–H and O–H groups in total. The monoisotopic (exact) mass is 269 g/mol. The Bertz CT molecular complexity index is 507. The molecule has 9 heteroatoms. The van der Waals surface area contributed by atoms with Crippen molar-refractivity contribution in [2.24, 2.45) is 5.73 Å². The van der Waals surface area contributed by atoms with E-state index in [9.17, 15) is 21.6 Å². The fourth-order valence-corrected chi connectivity index (χ4v) is 1.88. The Morgan fingerprint density at radius 2 is 1.82 bits per heavy atom. The fraction of sp³-hybridized carbons (Fsp3) is 0.250. The predicted molar refractivity (Wildman–Crippen MR) is 55.9 cm³/mol. The van der Waals surface area contributed by atoms with E-state index in [0.717, 1.165) is 6.07 Å². The van der Waals surface area contributed by atoms with Gasteiger partial charge in [0.2, 0.25) is 0 Å². The number of benzene rings is 1. The Morgan fingerprint density at radius 3 is 2.41 bits per heavy atom. The molecular weight excluding hydrogens is 259 g/mol. The van der Waals surface area contributed by atoms with Crippen LogP contribution in [0.5, 0.6) is 0 Å². The van der Waals surface area contributed by atoms with Gasteiger partial charge in [0.15, 0.2) is 17.5 Å². The van der Waals surface area contributed by atoms with Gasteiger partial charge in [0.1, 0.15) is 0 Å². The van der Waals surface area contributed by atoms with E-state index in [-0.39, 0.29) is 13.1 Å². The standard InChI is InChI=1S/C8H10F3N3O2S/c9-5-1-2-6(8(11)7(5)10)14-17(15,16)13-4-3-12/h1-2,13-14H,3-4,12H2. The predicted octanol–water partition coefficient (Wildman–Crippen LogP) is 0.309. The number of hydrogen-bond donors (Lipinski definition) is 3. The first-order chi connectivity index (χ1) is 7.87. The van der Waals surface area contributed by atoms with E-state index in [2.05, 4.69) is 0 Å². The van der Waals surface area contributed by atoms with Crippen LogP contribution in [0.2, 0.25) is 0 Å². The second-order valence-electron chi connectivity index (χ2n) is 3.01. The van der Waals surface area contributed by atoms with E-state index in [1.54, 1.807) is 4.72 Å². The van der Waals surface area contributed by atoms with Gasteiger partial charge in [0.25, 0.3) is 10.2 Å². The molecule has 0 saturated carbocycles. The van der Waals surface area contributed by atoms with Crippen LogP contribution in [-0.4, -0.2) is 21.5 Å². The zero-order valence-electron chi connectivity index (χ0n) is 8.50. The van der Waals surface area contributed by atoms with Crippen molar-refractivity contribution in [3.63, 3.8) is 0 Å². The minimum atomic E-state index is -4.06. The van der Waals surface area contributed by atoms with Crippen LogP contribution in [-0.2, 0) is 10.2 Å². The molecule has 1 aromatic rings. The summed E-state index contributed by atoms with van der Waals surface area (Å²) in [6.45, 7) is -0.0260. The smallest absolute Gasteiger partial charge is 0.299 e. The van der Waals surface area contributed by atoms with Gasteiger partial charge in [-0.15, -0.1) is 0 Å². The van der Waals surface area contributed by atoms with E-state index in [4.69, 9.17) is 5.73 Å². The topological polar surface area (TPSA) is 84.2 Å². The molecule has 96 valence electrons. The number of anilines is 1. The van der Waals surface area contributed by atoms with Gasteiger partial charge >= 0.3 is 0 Å². The minimum Gasteiger partial charge on any atom is -0.329 e. The normalized spacial score (nSPS) is 11.5. The first-order valence-corrected chi connectivity index (χ1v) is 5.96. The lowest BCUT2D eigenvalue weighted by molar-refractivity contribution is 0.449. The van der Waals surface area contributed by atoms with E-state index in [0.29, 0.717) is 6.07 Å². The molecule has 0 aliphatic heterocycles. The summed E-state index contributed by atoms with van der Waals surface area (Å²) >= 11 is 0. The molecule has 0 unspecified atom stereocenters. The molecule has 0 radical (unpaired) electrons. The summed E-state index contributed by atoms with van der Waals surface area (Å²) in [5, 5.41) is 0. The maximum Gasteiger partial charge on any atom is 0.299 e. The lowest BCUT2D eigenvalue weighted by atomic mass is 10.3. The van der Waals surface area contributed by atoms with Gasteiger partial charge in [-0.3, -0.25) is 4.72 Å². The Kier molecular flexibility index (Phi) is 4.32. The SMILES string of the molecule is NCCNS(=O)(=O)Nc1ccc(F)c(F)c1F. The lowest BCUT2D eigenvalue weighted by Gasteiger charge is -2.09. The van der Waals surface area contributed by atoms with Crippen molar-refractivity contribution < 1.29 is 21.6 Å². The third-order valence-electron chi connectivity index (χ3n) is 1.72. The number of halogens is 3. The number of hydrogen-bond acceptors (Lipinski definition) is 3. The highest BCUT2D eigenvalue weighted by Gasteiger charge is 2.17. The van der Waals surface area contributed by atoms with Gasteiger partial charge in [-0.05, 0) is 12.1 Å². The fourth-order valence-electron chi connectivity index (χ4n) is 0.979. The molecule has 0 heterocycles. The van der Waals surface area contributed by atoms with Crippen LogP contribution >= 0.6 is 0 Å². The van der Waals surface area contributed by atoms with Gasteiger partial charge in [0.05, 0.1) is 5.69 Å². The molecular formula is C8H10F3N3O2S. The molecule has 0 fully saturated rings. The van der Waals surface area contributed by atoms with Gasteiger partial charge in [-0.1, -0.05) is 0 Å². The lowest BCUT2D eigenvalue weighted by Crippen LogP contribution is -2.34. The van der Waals surface area contributed by atoms with E-state index in [1.165, 1.54) is 0 Å². The second-order valence-corrected chi connectivity index (χ2v) is 4.51. The van der Waals surface area contributed by atoms with Crippen molar-refractivity contribution >= 4 is 15.9 Å². The summed E-state index contributed by atoms with van der Waals surface area (Å²) in [6, 6.07) is 1.38. The largest absolute Gasteiger partial charge is 0.329 e. The number of nitrogens with two attached hydrogens (primary N) is 1. The highest BCUT2D eigenvalue weighted by Crippen LogP contribution is 2.20. The number of nitrogens with one attached hydrogen (secondary N) is 2. The maximum absolute atomic E-state index is 13.1. The Hall–Kier alpha value is -1.32. The van der Waals surface area contributed by atoms with Crippen LogP contribution in [0.4, 0.5) is 18.9 Å². The van der Waals surface area contributed by atoms with Gasteiger partial charge in [-0.25, -0.2) is 13.2 Å². The van der Waals surface area contributed by atoms with Gasteiger partial charge in [-0.2, -0.15) is 13.1 Å². The third-order valence-corrected chi connectivity index (χ3v) is 2.79. The number of rotatable bonds is 5. The maximum atomic E-state index is 13.1. The Morgan fingerprint density at radius 1 is 1.18 bits per heavy atom. The average Bonchev–Trinajstić information content (AvgIpc) is 2.27. The second kappa shape index (κ2) is 5.34. The van der Waals surface area contributed by atoms with Crippen molar-refractivity contribution in [2.75, 3.05) is 17.8 Å². The van der Waals surface area contributed by atoms with Gasteiger partial charge < -0.3 is 5.73 Å². The summed E-state index contributed by atoms with van der Waals surface area (Å²) < 4.78 is 64.7. The summed E-state index contributed by atoms with van der Waals surface area (Å²) in [4.78, 5) is 0. The zero-order valence-corrected chi connectivity index (χ0v) is 9.32. The van der Waals surface area contributed by atoms with E-state index < -0.39 is 33.3 Å². The Balaban J connectivity index is 2.93. The minimum absolute atomic E-state index is 0.0428. The Labute approximate surface area is 96.0 Å². The van der Waals surface area contributed by atoms with Crippen molar-refractivity contribution in [2.45, 2.75) is 0 Å². The molecule has 1 aromatic carbocycles.